The summed E-state index contributed by atoms with van der Waals surface area (Å²) in [5.74, 6) is 1.68. The zero-order valence-corrected chi connectivity index (χ0v) is 19.4. The van der Waals surface area contributed by atoms with Crippen molar-refractivity contribution in [3.8, 4) is 11.4 Å². The van der Waals surface area contributed by atoms with Gasteiger partial charge in [-0.2, -0.15) is 4.98 Å². The van der Waals surface area contributed by atoms with Gasteiger partial charge in [0.1, 0.15) is 5.82 Å². The SMILES string of the molecule is CCOC(=O)c1ccc2c(c1)CN(CCNc1nccc3ccc(-c4noc(C)n4)cc13)CC2. The van der Waals surface area contributed by atoms with Gasteiger partial charge in [-0.25, -0.2) is 9.78 Å². The van der Waals surface area contributed by atoms with Crippen molar-refractivity contribution in [2.75, 3.05) is 31.6 Å². The Morgan fingerprint density at radius 2 is 2.09 bits per heavy atom. The number of ether oxygens (including phenoxy) is 1. The standard InChI is InChI=1S/C26H27N5O3/c1-3-33-26(32)21-7-4-18-9-12-31(16-22(18)14-21)13-11-28-25-23-15-20(24-29-17(2)34-30-24)6-5-19(23)8-10-27-25/h4-8,10,14-15H,3,9,11-13,16H2,1-2H3,(H,27,28). The van der Waals surface area contributed by atoms with Crippen molar-refractivity contribution < 1.29 is 14.1 Å². The molecule has 34 heavy (non-hydrogen) atoms. The molecule has 0 saturated carbocycles. The molecule has 0 unspecified atom stereocenters. The minimum Gasteiger partial charge on any atom is -0.462 e. The second kappa shape index (κ2) is 9.61. The predicted octanol–water partition coefficient (Wildman–Crippen LogP) is 4.24. The fourth-order valence-electron chi connectivity index (χ4n) is 4.35. The van der Waals surface area contributed by atoms with Crippen molar-refractivity contribution in [1.29, 1.82) is 0 Å². The summed E-state index contributed by atoms with van der Waals surface area (Å²) in [6.07, 6.45) is 2.79. The first-order chi connectivity index (χ1) is 16.6. The normalized spacial score (nSPS) is 13.6. The van der Waals surface area contributed by atoms with Crippen LogP contribution < -0.4 is 5.32 Å². The Morgan fingerprint density at radius 1 is 1.18 bits per heavy atom. The van der Waals surface area contributed by atoms with E-state index < -0.39 is 0 Å². The first kappa shape index (κ1) is 22.0. The van der Waals surface area contributed by atoms with E-state index in [0.29, 0.717) is 23.9 Å². The molecule has 4 aromatic rings. The lowest BCUT2D eigenvalue weighted by Crippen LogP contribution is -2.34. The zero-order valence-electron chi connectivity index (χ0n) is 19.4. The molecule has 1 aliphatic heterocycles. The van der Waals surface area contributed by atoms with Gasteiger partial charge in [0.05, 0.1) is 12.2 Å². The predicted molar refractivity (Wildman–Crippen MR) is 130 cm³/mol. The summed E-state index contributed by atoms with van der Waals surface area (Å²) in [5.41, 5.74) is 4.01. The number of benzene rings is 2. The van der Waals surface area contributed by atoms with Gasteiger partial charge in [-0.15, -0.1) is 0 Å². The maximum absolute atomic E-state index is 12.1. The highest BCUT2D eigenvalue weighted by molar-refractivity contribution is 5.94. The van der Waals surface area contributed by atoms with Crippen molar-refractivity contribution >= 4 is 22.6 Å². The van der Waals surface area contributed by atoms with Crippen LogP contribution in [0, 0.1) is 6.92 Å². The van der Waals surface area contributed by atoms with Crippen LogP contribution in [0.25, 0.3) is 22.2 Å². The Hall–Kier alpha value is -3.78. The molecule has 0 aliphatic carbocycles. The molecule has 8 nitrogen and oxygen atoms in total. The topological polar surface area (TPSA) is 93.4 Å². The van der Waals surface area contributed by atoms with E-state index in [9.17, 15) is 4.79 Å². The van der Waals surface area contributed by atoms with Crippen molar-refractivity contribution in [2.24, 2.45) is 0 Å². The second-order valence-corrected chi connectivity index (χ2v) is 8.39. The number of aryl methyl sites for hydroxylation is 1. The Labute approximate surface area is 197 Å². The first-order valence-electron chi connectivity index (χ1n) is 11.6. The van der Waals surface area contributed by atoms with Crippen LogP contribution in [-0.2, 0) is 17.7 Å². The van der Waals surface area contributed by atoms with Crippen LogP contribution in [0.1, 0.15) is 34.3 Å². The Morgan fingerprint density at radius 3 is 2.91 bits per heavy atom. The van der Waals surface area contributed by atoms with Gasteiger partial charge < -0.3 is 14.6 Å². The molecule has 0 atom stereocenters. The molecule has 5 rings (SSSR count). The van der Waals surface area contributed by atoms with E-state index in [0.717, 1.165) is 54.8 Å². The van der Waals surface area contributed by atoms with Crippen LogP contribution in [-0.4, -0.2) is 52.2 Å². The van der Waals surface area contributed by atoms with Crippen molar-refractivity contribution in [3.63, 3.8) is 0 Å². The van der Waals surface area contributed by atoms with Gasteiger partial charge >= 0.3 is 5.97 Å². The van der Waals surface area contributed by atoms with Gasteiger partial charge in [-0.3, -0.25) is 4.90 Å². The summed E-state index contributed by atoms with van der Waals surface area (Å²) >= 11 is 0. The number of nitrogens with zero attached hydrogens (tertiary/aromatic N) is 4. The zero-order chi connectivity index (χ0) is 23.5. The number of nitrogens with one attached hydrogen (secondary N) is 1. The molecule has 0 spiro atoms. The van der Waals surface area contributed by atoms with Gasteiger partial charge in [-0.1, -0.05) is 23.4 Å². The lowest BCUT2D eigenvalue weighted by atomic mass is 9.97. The molecule has 2 aromatic carbocycles. The van der Waals surface area contributed by atoms with E-state index in [4.69, 9.17) is 9.26 Å². The van der Waals surface area contributed by atoms with Gasteiger partial charge in [0.25, 0.3) is 0 Å². The average molecular weight is 458 g/mol. The van der Waals surface area contributed by atoms with Crippen LogP contribution in [0.5, 0.6) is 0 Å². The number of esters is 1. The van der Waals surface area contributed by atoms with Crippen LogP contribution in [0.4, 0.5) is 5.82 Å². The van der Waals surface area contributed by atoms with Crippen LogP contribution >= 0.6 is 0 Å². The summed E-state index contributed by atoms with van der Waals surface area (Å²) in [7, 11) is 0. The maximum atomic E-state index is 12.1. The van der Waals surface area contributed by atoms with Crippen molar-refractivity contribution in [2.45, 2.75) is 26.8 Å². The van der Waals surface area contributed by atoms with E-state index in [1.807, 2.05) is 49.5 Å². The van der Waals surface area contributed by atoms with Gasteiger partial charge in [0.2, 0.25) is 11.7 Å². The molecule has 0 radical (unpaired) electrons. The highest BCUT2D eigenvalue weighted by atomic mass is 16.5. The van der Waals surface area contributed by atoms with Crippen LogP contribution in [0.15, 0.2) is 53.2 Å². The maximum Gasteiger partial charge on any atom is 0.338 e. The molecule has 0 amide bonds. The third kappa shape index (κ3) is 4.63. The third-order valence-corrected chi connectivity index (χ3v) is 6.08. The molecular formula is C26H27N5O3. The highest BCUT2D eigenvalue weighted by Gasteiger charge is 2.18. The second-order valence-electron chi connectivity index (χ2n) is 8.39. The number of carbonyl (C=O) groups is 1. The fraction of sp³-hybridized carbons (Fsp3) is 0.308. The molecule has 0 saturated heterocycles. The van der Waals surface area contributed by atoms with E-state index in [-0.39, 0.29) is 5.97 Å². The highest BCUT2D eigenvalue weighted by Crippen LogP contribution is 2.27. The number of pyridine rings is 1. The van der Waals surface area contributed by atoms with Gasteiger partial charge in [0, 0.05) is 50.2 Å². The molecule has 8 heteroatoms. The Kier molecular flexibility index (Phi) is 6.22. The number of aromatic nitrogens is 3. The summed E-state index contributed by atoms with van der Waals surface area (Å²) < 4.78 is 10.3. The van der Waals surface area contributed by atoms with Gasteiger partial charge in [-0.05, 0) is 54.1 Å². The first-order valence-corrected chi connectivity index (χ1v) is 11.6. The summed E-state index contributed by atoms with van der Waals surface area (Å²) in [5, 5.41) is 9.64. The lowest BCUT2D eigenvalue weighted by molar-refractivity contribution is 0.0526. The number of fused-ring (bicyclic) bond motifs is 2. The molecular weight excluding hydrogens is 430 g/mol. The number of hydrogen-bond acceptors (Lipinski definition) is 8. The van der Waals surface area contributed by atoms with E-state index in [1.54, 1.807) is 6.92 Å². The number of rotatable bonds is 7. The summed E-state index contributed by atoms with van der Waals surface area (Å²) in [4.78, 5) is 23.4. The summed E-state index contributed by atoms with van der Waals surface area (Å²) in [6, 6.07) is 14.0. The van der Waals surface area contributed by atoms with E-state index in [2.05, 4.69) is 31.4 Å². The smallest absolute Gasteiger partial charge is 0.338 e. The minimum absolute atomic E-state index is 0.263. The number of carbonyl (C=O) groups excluding carboxylic acids is 1. The Balaban J connectivity index is 1.26. The van der Waals surface area contributed by atoms with E-state index in [1.165, 1.54) is 11.1 Å². The minimum atomic E-state index is -0.263. The largest absolute Gasteiger partial charge is 0.462 e. The number of hydrogen-bond donors (Lipinski definition) is 1. The van der Waals surface area contributed by atoms with E-state index >= 15 is 0 Å². The monoisotopic (exact) mass is 457 g/mol. The van der Waals surface area contributed by atoms with Crippen molar-refractivity contribution in [3.05, 3.63) is 71.2 Å². The molecule has 2 aromatic heterocycles. The molecule has 0 fully saturated rings. The third-order valence-electron chi connectivity index (χ3n) is 6.08. The molecule has 1 N–H and O–H groups in total. The molecule has 174 valence electrons. The average Bonchev–Trinajstić information content (AvgIpc) is 3.30. The summed E-state index contributed by atoms with van der Waals surface area (Å²) in [6.45, 7) is 7.40. The Bertz CT molecular complexity index is 1330. The molecule has 0 bridgehead atoms. The van der Waals surface area contributed by atoms with Gasteiger partial charge in [0.15, 0.2) is 0 Å². The molecule has 3 heterocycles. The van der Waals surface area contributed by atoms with Crippen LogP contribution in [0.2, 0.25) is 0 Å². The van der Waals surface area contributed by atoms with Crippen LogP contribution in [0.3, 0.4) is 0 Å². The molecule has 1 aliphatic rings. The lowest BCUT2D eigenvalue weighted by Gasteiger charge is -2.29. The fourth-order valence-corrected chi connectivity index (χ4v) is 4.35. The number of anilines is 1. The van der Waals surface area contributed by atoms with Crippen molar-refractivity contribution in [1.82, 2.24) is 20.0 Å². The quantitative estimate of drug-likeness (QED) is 0.412.